The molecule has 0 saturated heterocycles. The number of hydrogen-bond acceptors (Lipinski definition) is 1. The number of rotatable bonds is 3. The molecule has 1 nitrogen and oxygen atoms in total. The lowest BCUT2D eigenvalue weighted by molar-refractivity contribution is 0.378. The van der Waals surface area contributed by atoms with Crippen molar-refractivity contribution in [3.8, 4) is 0 Å². The molecule has 0 atom stereocenters. The molecule has 3 rings (SSSR count). The molecule has 3 aromatic carbocycles. The van der Waals surface area contributed by atoms with E-state index in [0.717, 1.165) is 0 Å². The van der Waals surface area contributed by atoms with Crippen LogP contribution in [0.5, 0.6) is 0 Å². The Kier molecular flexibility index (Phi) is 6.53. The van der Waals surface area contributed by atoms with Crippen molar-refractivity contribution in [3.05, 3.63) is 87.3 Å². The SMILES string of the molecule is O[P+](c1c(F)c(F)c(F)c(F)c1F)(c1c(F)c(F)c(F)c(F)c1F)c1c(F)c(F)c(F)c(F)c1F. The summed E-state index contributed by atoms with van der Waals surface area (Å²) in [6, 6.07) is 0. The average Bonchev–Trinajstić information content (AvgIpc) is 2.81. The van der Waals surface area contributed by atoms with Gasteiger partial charge in [0.25, 0.3) is 7.49 Å². The molecule has 35 heavy (non-hydrogen) atoms. The molecule has 0 spiro atoms. The zero-order valence-corrected chi connectivity index (χ0v) is 16.5. The molecule has 17 heteroatoms. The van der Waals surface area contributed by atoms with Gasteiger partial charge >= 0.3 is 0 Å². The van der Waals surface area contributed by atoms with Crippen molar-refractivity contribution in [2.45, 2.75) is 0 Å². The van der Waals surface area contributed by atoms with Crippen molar-refractivity contribution in [2.24, 2.45) is 0 Å². The van der Waals surface area contributed by atoms with Gasteiger partial charge in [0.05, 0.1) is 0 Å². The van der Waals surface area contributed by atoms with Crippen LogP contribution in [0, 0.1) is 87.3 Å². The lowest BCUT2D eigenvalue weighted by Crippen LogP contribution is -2.43. The highest BCUT2D eigenvalue weighted by Crippen LogP contribution is 2.56. The second kappa shape index (κ2) is 8.59. The van der Waals surface area contributed by atoms with Crippen LogP contribution in [0.3, 0.4) is 0 Å². The summed E-state index contributed by atoms with van der Waals surface area (Å²) in [6.07, 6.45) is 0. The van der Waals surface area contributed by atoms with Gasteiger partial charge in [-0.25, -0.2) is 44.4 Å². The minimum Gasteiger partial charge on any atom is -0.234 e. The van der Waals surface area contributed by atoms with E-state index in [1.54, 1.807) is 0 Å². The normalized spacial score (nSPS) is 12.0. The summed E-state index contributed by atoms with van der Waals surface area (Å²) in [4.78, 5) is 10.8. The van der Waals surface area contributed by atoms with Crippen molar-refractivity contribution in [3.63, 3.8) is 0 Å². The third kappa shape index (κ3) is 3.44. The first-order chi connectivity index (χ1) is 16.0. The maximum Gasteiger partial charge on any atom is 0.257 e. The second-order valence-electron chi connectivity index (χ2n) is 6.39. The predicted octanol–water partition coefficient (Wildman–Crippen LogP) is 4.97. The molecule has 188 valence electrons. The molecule has 0 aliphatic heterocycles. The van der Waals surface area contributed by atoms with E-state index in [-0.39, 0.29) is 0 Å². The van der Waals surface area contributed by atoms with Crippen LogP contribution in [0.25, 0.3) is 0 Å². The molecular formula is C18HF15OP+. The lowest BCUT2D eigenvalue weighted by Gasteiger charge is -2.23. The number of halogens is 15. The molecule has 0 heterocycles. The molecule has 3 aromatic rings. The first kappa shape index (κ1) is 26.6. The highest BCUT2D eigenvalue weighted by Gasteiger charge is 2.61. The highest BCUT2D eigenvalue weighted by atomic mass is 31.2. The quantitative estimate of drug-likeness (QED) is 0.212. The average molecular weight is 549 g/mol. The van der Waals surface area contributed by atoms with Crippen molar-refractivity contribution >= 4 is 23.4 Å². The minimum absolute atomic E-state index is 3.03. The fraction of sp³-hybridized carbons (Fsp3) is 0. The topological polar surface area (TPSA) is 20.2 Å². The van der Waals surface area contributed by atoms with Gasteiger partial charge in [0.15, 0.2) is 0 Å². The van der Waals surface area contributed by atoms with E-state index < -0.39 is 111 Å². The van der Waals surface area contributed by atoms with Crippen molar-refractivity contribution in [1.29, 1.82) is 0 Å². The Morgan fingerprint density at radius 1 is 0.257 bits per heavy atom. The van der Waals surface area contributed by atoms with E-state index in [1.807, 2.05) is 0 Å². The van der Waals surface area contributed by atoms with Crippen LogP contribution in [-0.4, -0.2) is 4.89 Å². The fourth-order valence-corrected chi connectivity index (χ4v) is 5.93. The van der Waals surface area contributed by atoms with E-state index in [9.17, 15) is 70.7 Å². The molecular weight excluding hydrogens is 548 g/mol. The van der Waals surface area contributed by atoms with Gasteiger partial charge in [-0.3, -0.25) is 0 Å². The molecule has 0 aromatic heterocycles. The van der Waals surface area contributed by atoms with E-state index in [0.29, 0.717) is 0 Å². The van der Waals surface area contributed by atoms with Crippen LogP contribution < -0.4 is 15.9 Å². The Hall–Kier alpha value is -3.00. The van der Waals surface area contributed by atoms with Gasteiger partial charge in [-0.05, 0) is 0 Å². The maximum atomic E-state index is 14.5. The Morgan fingerprint density at radius 2 is 0.371 bits per heavy atom. The molecule has 0 radical (unpaired) electrons. The van der Waals surface area contributed by atoms with E-state index in [1.165, 1.54) is 0 Å². The molecule has 0 unspecified atom stereocenters. The van der Waals surface area contributed by atoms with Gasteiger partial charge in [0, 0.05) is 0 Å². The standard InChI is InChI=1S/C18HF15OP/c19-1-4(22)10(28)16(11(29)5(1)23)35(34,17-12(30)6(24)2(20)7(25)13(17)31)18-14(32)8(26)3(21)9(27)15(18)33/h34H/q+1. The Balaban J connectivity index is 2.78. The first-order valence-corrected chi connectivity index (χ1v) is 9.95. The number of hydrogen-bond donors (Lipinski definition) is 1. The molecule has 0 fully saturated rings. The number of benzene rings is 3. The van der Waals surface area contributed by atoms with Crippen LogP contribution in [0.1, 0.15) is 0 Å². The van der Waals surface area contributed by atoms with Gasteiger partial charge in [0.1, 0.15) is 0 Å². The van der Waals surface area contributed by atoms with Crippen molar-refractivity contribution in [1.82, 2.24) is 0 Å². The minimum atomic E-state index is -7.16. The highest BCUT2D eigenvalue weighted by molar-refractivity contribution is 7.91. The summed E-state index contributed by atoms with van der Waals surface area (Å²) in [7, 11) is -7.16. The molecule has 0 aliphatic rings. The zero-order chi connectivity index (χ0) is 26.9. The lowest BCUT2D eigenvalue weighted by atomic mass is 10.3. The summed E-state index contributed by atoms with van der Waals surface area (Å²) in [6.45, 7) is 0. The summed E-state index contributed by atoms with van der Waals surface area (Å²) in [5.74, 6) is -47.6. The van der Waals surface area contributed by atoms with Crippen LogP contribution in [0.2, 0.25) is 0 Å². The summed E-state index contributed by atoms with van der Waals surface area (Å²) >= 11 is 0. The van der Waals surface area contributed by atoms with Crippen molar-refractivity contribution in [2.75, 3.05) is 0 Å². The largest absolute Gasteiger partial charge is 0.257 e. The monoisotopic (exact) mass is 549 g/mol. The predicted molar refractivity (Wildman–Crippen MR) is 86.7 cm³/mol. The van der Waals surface area contributed by atoms with Gasteiger partial charge in [-0.1, -0.05) is 0 Å². The van der Waals surface area contributed by atoms with Gasteiger partial charge in [-0.15, -0.1) is 0 Å². The van der Waals surface area contributed by atoms with Gasteiger partial charge < -0.3 is 0 Å². The Labute approximate surface area is 182 Å². The van der Waals surface area contributed by atoms with E-state index in [4.69, 9.17) is 0 Å². The van der Waals surface area contributed by atoms with Crippen LogP contribution in [-0.2, 0) is 0 Å². The molecule has 1 N–H and O–H groups in total. The van der Waals surface area contributed by atoms with Crippen molar-refractivity contribution < 1.29 is 70.7 Å². The smallest absolute Gasteiger partial charge is 0.234 e. The molecule has 0 amide bonds. The van der Waals surface area contributed by atoms with Crippen LogP contribution >= 0.6 is 7.49 Å². The fourth-order valence-electron chi connectivity index (χ4n) is 2.97. The first-order valence-electron chi connectivity index (χ1n) is 8.21. The van der Waals surface area contributed by atoms with E-state index >= 15 is 0 Å². The summed E-state index contributed by atoms with van der Waals surface area (Å²) < 4.78 is 210. The van der Waals surface area contributed by atoms with Crippen LogP contribution in [0.4, 0.5) is 65.9 Å². The Bertz CT molecular complexity index is 1170. The molecule has 0 aliphatic carbocycles. The Morgan fingerprint density at radius 3 is 0.514 bits per heavy atom. The summed E-state index contributed by atoms with van der Waals surface area (Å²) in [5, 5.41) is -9.08. The van der Waals surface area contributed by atoms with Gasteiger partial charge in [0.2, 0.25) is 103 Å². The second-order valence-corrected chi connectivity index (χ2v) is 9.00. The summed E-state index contributed by atoms with van der Waals surface area (Å²) in [5.41, 5.74) is 0. The maximum absolute atomic E-state index is 14.5. The zero-order valence-electron chi connectivity index (χ0n) is 15.6. The van der Waals surface area contributed by atoms with Gasteiger partial charge in [-0.2, -0.15) is 26.3 Å². The molecule has 0 saturated carbocycles. The van der Waals surface area contributed by atoms with E-state index in [2.05, 4.69) is 0 Å². The molecule has 0 bridgehead atoms. The van der Waals surface area contributed by atoms with Crippen LogP contribution in [0.15, 0.2) is 0 Å². The third-order valence-electron chi connectivity index (χ3n) is 4.53. The third-order valence-corrected chi connectivity index (χ3v) is 7.65.